The van der Waals surface area contributed by atoms with Gasteiger partial charge in [-0.25, -0.2) is 8.42 Å². The highest BCUT2D eigenvalue weighted by Gasteiger charge is 2.26. The van der Waals surface area contributed by atoms with Crippen LogP contribution in [0.4, 0.5) is 5.69 Å². The Hall–Kier alpha value is -2.33. The highest BCUT2D eigenvalue weighted by molar-refractivity contribution is 7.89. The smallest absolute Gasteiger partial charge is 0.273 e. The molecule has 0 amide bonds. The van der Waals surface area contributed by atoms with Gasteiger partial charge in [0.2, 0.25) is 10.0 Å². The lowest BCUT2D eigenvalue weighted by Gasteiger charge is -2.26. The van der Waals surface area contributed by atoms with Crippen LogP contribution in [0.2, 0.25) is 0 Å². The van der Waals surface area contributed by atoms with E-state index in [1.807, 2.05) is 18.0 Å². The fraction of sp³-hybridized carbons (Fsp3) is 0.368. The van der Waals surface area contributed by atoms with Crippen molar-refractivity contribution in [3.05, 3.63) is 69.8 Å². The van der Waals surface area contributed by atoms with Crippen LogP contribution in [-0.2, 0) is 27.8 Å². The fourth-order valence-electron chi connectivity index (χ4n) is 3.22. The predicted molar refractivity (Wildman–Crippen MR) is 104 cm³/mol. The lowest BCUT2D eigenvalue weighted by molar-refractivity contribution is -0.385. The summed E-state index contributed by atoms with van der Waals surface area (Å²) in [7, 11) is -1.70. The first kappa shape index (κ1) is 20.4. The second kappa shape index (κ2) is 8.78. The number of morpholine rings is 1. The van der Waals surface area contributed by atoms with Crippen molar-refractivity contribution in [2.45, 2.75) is 18.0 Å². The van der Waals surface area contributed by atoms with Gasteiger partial charge < -0.3 is 4.74 Å². The summed E-state index contributed by atoms with van der Waals surface area (Å²) in [5.74, 6) is 0. The molecule has 0 aromatic heterocycles. The molecule has 28 heavy (non-hydrogen) atoms. The molecule has 2 aromatic carbocycles. The van der Waals surface area contributed by atoms with E-state index in [0.717, 1.165) is 5.56 Å². The Bertz CT molecular complexity index is 942. The molecule has 0 spiro atoms. The van der Waals surface area contributed by atoms with Crippen LogP contribution in [0.5, 0.6) is 0 Å². The predicted octanol–water partition coefficient (Wildman–Crippen LogP) is 2.25. The molecule has 0 saturated carbocycles. The molecule has 1 saturated heterocycles. The van der Waals surface area contributed by atoms with Gasteiger partial charge in [-0.2, -0.15) is 4.31 Å². The number of sulfonamides is 1. The number of nitro benzene ring substituents is 1. The summed E-state index contributed by atoms with van der Waals surface area (Å²) < 4.78 is 32.3. The zero-order valence-electron chi connectivity index (χ0n) is 15.7. The molecular formula is C19H23N3O5S. The number of nitro groups is 1. The largest absolute Gasteiger partial charge is 0.379 e. The van der Waals surface area contributed by atoms with E-state index in [0.29, 0.717) is 45.0 Å². The number of rotatable bonds is 7. The van der Waals surface area contributed by atoms with Gasteiger partial charge in [-0.1, -0.05) is 30.3 Å². The van der Waals surface area contributed by atoms with Gasteiger partial charge in [0.25, 0.3) is 5.69 Å². The summed E-state index contributed by atoms with van der Waals surface area (Å²) in [6.07, 6.45) is 0. The monoisotopic (exact) mass is 405 g/mol. The van der Waals surface area contributed by atoms with Gasteiger partial charge in [0, 0.05) is 37.8 Å². The minimum absolute atomic E-state index is 0.0815. The van der Waals surface area contributed by atoms with Crippen LogP contribution in [0.1, 0.15) is 11.1 Å². The van der Waals surface area contributed by atoms with Crippen LogP contribution in [-0.4, -0.2) is 55.9 Å². The van der Waals surface area contributed by atoms with Crippen LogP contribution in [0.25, 0.3) is 0 Å². The summed E-state index contributed by atoms with van der Waals surface area (Å²) in [6.45, 7) is 2.36. The first-order chi connectivity index (χ1) is 13.4. The Morgan fingerprint density at radius 2 is 1.82 bits per heavy atom. The van der Waals surface area contributed by atoms with Gasteiger partial charge in [-0.05, 0) is 24.7 Å². The summed E-state index contributed by atoms with van der Waals surface area (Å²) in [5.41, 5.74) is 1.53. The number of benzene rings is 2. The third kappa shape index (κ3) is 4.74. The van der Waals surface area contributed by atoms with E-state index in [2.05, 4.69) is 0 Å². The van der Waals surface area contributed by atoms with Gasteiger partial charge in [0.05, 0.1) is 23.0 Å². The van der Waals surface area contributed by atoms with Crippen molar-refractivity contribution in [2.24, 2.45) is 0 Å². The van der Waals surface area contributed by atoms with E-state index < -0.39 is 14.9 Å². The van der Waals surface area contributed by atoms with Gasteiger partial charge in [-0.3, -0.25) is 15.0 Å². The second-order valence-electron chi connectivity index (χ2n) is 6.72. The maximum Gasteiger partial charge on any atom is 0.273 e. The molecule has 2 aromatic rings. The maximum atomic E-state index is 12.8. The average molecular weight is 405 g/mol. The molecule has 9 heteroatoms. The van der Waals surface area contributed by atoms with Crippen molar-refractivity contribution in [3.8, 4) is 0 Å². The molecule has 8 nitrogen and oxygen atoms in total. The highest BCUT2D eigenvalue weighted by atomic mass is 32.2. The molecule has 0 unspecified atom stereocenters. The molecule has 0 N–H and O–H groups in total. The van der Waals surface area contributed by atoms with Crippen molar-refractivity contribution in [1.82, 2.24) is 9.21 Å². The van der Waals surface area contributed by atoms with E-state index in [4.69, 9.17) is 4.74 Å². The van der Waals surface area contributed by atoms with E-state index in [1.54, 1.807) is 36.4 Å². The quantitative estimate of drug-likeness (QED) is 0.518. The van der Waals surface area contributed by atoms with Crippen LogP contribution < -0.4 is 0 Å². The molecule has 1 fully saturated rings. The Balaban J connectivity index is 1.73. The molecular weight excluding hydrogens is 382 g/mol. The Labute approximate surface area is 164 Å². The standard InChI is InChI=1S/C19H23N3O5S/c1-20(15-17-6-2-3-8-19(17)22(23)24)14-16-5-4-7-18(13-16)28(25,26)21-9-11-27-12-10-21/h2-8,13H,9-12,14-15H2,1H3. The zero-order chi connectivity index (χ0) is 20.1. The number of ether oxygens (including phenoxy) is 1. The molecule has 1 heterocycles. The summed E-state index contributed by atoms with van der Waals surface area (Å²) in [5, 5.41) is 11.2. The SMILES string of the molecule is CN(Cc1cccc(S(=O)(=O)N2CCOCC2)c1)Cc1ccccc1[N+](=O)[O-]. The van der Waals surface area contributed by atoms with Crippen LogP contribution in [0.15, 0.2) is 53.4 Å². The van der Waals surface area contributed by atoms with Crippen LogP contribution >= 0.6 is 0 Å². The maximum absolute atomic E-state index is 12.8. The van der Waals surface area contributed by atoms with E-state index in [9.17, 15) is 18.5 Å². The topological polar surface area (TPSA) is 93.0 Å². The third-order valence-electron chi connectivity index (χ3n) is 4.59. The molecule has 0 radical (unpaired) electrons. The first-order valence-corrected chi connectivity index (χ1v) is 10.4. The first-order valence-electron chi connectivity index (χ1n) is 8.95. The third-order valence-corrected chi connectivity index (χ3v) is 6.48. The van der Waals surface area contributed by atoms with Crippen molar-refractivity contribution in [2.75, 3.05) is 33.4 Å². The summed E-state index contributed by atoms with van der Waals surface area (Å²) in [6, 6.07) is 13.5. The summed E-state index contributed by atoms with van der Waals surface area (Å²) >= 11 is 0. The number of hydrogen-bond acceptors (Lipinski definition) is 6. The average Bonchev–Trinajstić information content (AvgIpc) is 2.69. The summed E-state index contributed by atoms with van der Waals surface area (Å²) in [4.78, 5) is 13.0. The molecule has 1 aliphatic heterocycles. The van der Waals surface area contributed by atoms with Crippen LogP contribution in [0, 0.1) is 10.1 Å². The number of nitrogens with zero attached hydrogens (tertiary/aromatic N) is 3. The molecule has 150 valence electrons. The van der Waals surface area contributed by atoms with Gasteiger partial charge >= 0.3 is 0 Å². The Kier molecular flexibility index (Phi) is 6.40. The van der Waals surface area contributed by atoms with Gasteiger partial charge in [0.1, 0.15) is 0 Å². The zero-order valence-corrected chi connectivity index (χ0v) is 16.5. The lowest BCUT2D eigenvalue weighted by Crippen LogP contribution is -2.40. The van der Waals surface area contributed by atoms with Crippen molar-refractivity contribution < 1.29 is 18.1 Å². The lowest BCUT2D eigenvalue weighted by atomic mass is 10.1. The number of para-hydroxylation sites is 1. The molecule has 0 bridgehead atoms. The Morgan fingerprint density at radius 3 is 2.54 bits per heavy atom. The minimum Gasteiger partial charge on any atom is -0.379 e. The van der Waals surface area contributed by atoms with Crippen LogP contribution in [0.3, 0.4) is 0 Å². The van der Waals surface area contributed by atoms with Gasteiger partial charge in [-0.15, -0.1) is 0 Å². The fourth-order valence-corrected chi connectivity index (χ4v) is 4.70. The van der Waals surface area contributed by atoms with Crippen molar-refractivity contribution in [1.29, 1.82) is 0 Å². The molecule has 3 rings (SSSR count). The van der Waals surface area contributed by atoms with Crippen molar-refractivity contribution >= 4 is 15.7 Å². The van der Waals surface area contributed by atoms with E-state index >= 15 is 0 Å². The Morgan fingerprint density at radius 1 is 1.11 bits per heavy atom. The van der Waals surface area contributed by atoms with Crippen molar-refractivity contribution in [3.63, 3.8) is 0 Å². The van der Waals surface area contributed by atoms with E-state index in [-0.39, 0.29) is 10.6 Å². The molecule has 0 atom stereocenters. The second-order valence-corrected chi connectivity index (χ2v) is 8.66. The minimum atomic E-state index is -3.55. The molecule has 0 aliphatic carbocycles. The highest BCUT2D eigenvalue weighted by Crippen LogP contribution is 2.22. The normalized spacial score (nSPS) is 15.6. The van der Waals surface area contributed by atoms with Gasteiger partial charge in [0.15, 0.2) is 0 Å². The molecule has 1 aliphatic rings. The van der Waals surface area contributed by atoms with E-state index in [1.165, 1.54) is 10.4 Å². The number of hydrogen-bond donors (Lipinski definition) is 0.